The van der Waals surface area contributed by atoms with E-state index in [1.54, 1.807) is 38.1 Å². The van der Waals surface area contributed by atoms with Crippen molar-refractivity contribution in [2.45, 2.75) is 13.8 Å². The Balaban J connectivity index is 1.66. The van der Waals surface area contributed by atoms with Crippen LogP contribution in [0.15, 0.2) is 64.4 Å². The molecule has 1 amide bonds. The summed E-state index contributed by atoms with van der Waals surface area (Å²) in [6.07, 6.45) is 0. The van der Waals surface area contributed by atoms with Crippen molar-refractivity contribution in [3.8, 4) is 22.5 Å². The van der Waals surface area contributed by atoms with Crippen molar-refractivity contribution in [2.24, 2.45) is 0 Å². The van der Waals surface area contributed by atoms with E-state index in [9.17, 15) is 9.59 Å². The molecule has 0 saturated heterocycles. The molecule has 33 heavy (non-hydrogen) atoms. The lowest BCUT2D eigenvalue weighted by atomic mass is 10.0. The number of carbonyl (C=O) groups excluding carboxylic acids is 2. The molecule has 4 aromatic rings. The van der Waals surface area contributed by atoms with E-state index < -0.39 is 11.9 Å². The molecule has 2 aromatic carbocycles. The number of anilines is 1. The van der Waals surface area contributed by atoms with Crippen molar-refractivity contribution in [3.05, 3.63) is 86.9 Å². The number of nitrogens with one attached hydrogen (secondary N) is 1. The fraction of sp³-hybridized carbons (Fsp3) is 0.120. The summed E-state index contributed by atoms with van der Waals surface area (Å²) in [5.74, 6) is 0.0342. The maximum atomic E-state index is 13.1. The largest absolute Gasteiger partial charge is 0.462 e. The molecule has 0 spiro atoms. The Kier molecular flexibility index (Phi) is 6.88. The smallest absolute Gasteiger partial charge is 0.341 e. The lowest BCUT2D eigenvalue weighted by molar-refractivity contribution is 0.0529. The van der Waals surface area contributed by atoms with Crippen LogP contribution in [0.5, 0.6) is 0 Å². The van der Waals surface area contributed by atoms with Gasteiger partial charge in [-0.3, -0.25) is 4.79 Å². The fourth-order valence-corrected chi connectivity index (χ4v) is 4.61. The number of halogens is 2. The Bertz CT molecular complexity index is 1330. The Morgan fingerprint density at radius 3 is 2.48 bits per heavy atom. The zero-order valence-electron chi connectivity index (χ0n) is 17.8. The summed E-state index contributed by atoms with van der Waals surface area (Å²) < 4.78 is 11.1. The average Bonchev–Trinajstić information content (AvgIpc) is 3.40. The predicted molar refractivity (Wildman–Crippen MR) is 133 cm³/mol. The SMILES string of the molecule is CCOC(=O)c1c(-c2ccccc2)csc1NC(=O)c1cc(-c2ccc(Cl)c(Cl)c2)oc1C. The first-order chi connectivity index (χ1) is 15.9. The molecule has 5 nitrogen and oxygen atoms in total. The van der Waals surface area contributed by atoms with Crippen LogP contribution < -0.4 is 5.32 Å². The maximum Gasteiger partial charge on any atom is 0.341 e. The molecular formula is C25H19Cl2NO4S. The van der Waals surface area contributed by atoms with Gasteiger partial charge in [-0.15, -0.1) is 11.3 Å². The number of rotatable bonds is 6. The van der Waals surface area contributed by atoms with Crippen molar-refractivity contribution in [2.75, 3.05) is 11.9 Å². The van der Waals surface area contributed by atoms with E-state index in [4.69, 9.17) is 32.4 Å². The number of benzene rings is 2. The number of furan rings is 1. The first-order valence-corrected chi connectivity index (χ1v) is 11.7. The Morgan fingerprint density at radius 1 is 1.03 bits per heavy atom. The Labute approximate surface area is 204 Å². The molecule has 0 unspecified atom stereocenters. The second kappa shape index (κ2) is 9.83. The van der Waals surface area contributed by atoms with Gasteiger partial charge >= 0.3 is 5.97 Å². The minimum Gasteiger partial charge on any atom is -0.462 e. The highest BCUT2D eigenvalue weighted by atomic mass is 35.5. The standard InChI is InChI=1S/C25H19Cl2NO4S/c1-3-31-25(30)22-18(15-7-5-4-6-8-15)13-33-24(22)28-23(29)17-12-21(32-14(17)2)16-9-10-19(26)20(27)11-16/h4-13H,3H2,1-2H3,(H,28,29). The van der Waals surface area contributed by atoms with Gasteiger partial charge in [0, 0.05) is 16.5 Å². The molecule has 0 radical (unpaired) electrons. The molecule has 0 aliphatic heterocycles. The third-order valence-corrected chi connectivity index (χ3v) is 6.58. The van der Waals surface area contributed by atoms with Gasteiger partial charge in [0.05, 0.1) is 22.2 Å². The van der Waals surface area contributed by atoms with Crippen LogP contribution in [0.25, 0.3) is 22.5 Å². The van der Waals surface area contributed by atoms with Crippen molar-refractivity contribution in [1.82, 2.24) is 0 Å². The first kappa shape index (κ1) is 23.1. The minimum atomic E-state index is -0.492. The number of hydrogen-bond donors (Lipinski definition) is 1. The fourth-order valence-electron chi connectivity index (χ4n) is 3.36. The molecule has 8 heteroatoms. The summed E-state index contributed by atoms with van der Waals surface area (Å²) in [6.45, 7) is 3.67. The molecular weight excluding hydrogens is 481 g/mol. The number of amides is 1. The van der Waals surface area contributed by atoms with Gasteiger partial charge in [0.2, 0.25) is 0 Å². The van der Waals surface area contributed by atoms with Gasteiger partial charge in [0.1, 0.15) is 22.1 Å². The normalized spacial score (nSPS) is 10.8. The van der Waals surface area contributed by atoms with E-state index in [-0.39, 0.29) is 6.61 Å². The molecule has 0 saturated carbocycles. The molecule has 0 aliphatic rings. The quantitative estimate of drug-likeness (QED) is 0.275. The van der Waals surface area contributed by atoms with Crippen molar-refractivity contribution >= 4 is 51.4 Å². The highest BCUT2D eigenvalue weighted by Gasteiger charge is 2.24. The number of esters is 1. The summed E-state index contributed by atoms with van der Waals surface area (Å²) >= 11 is 13.4. The van der Waals surface area contributed by atoms with Crippen LogP contribution in [-0.4, -0.2) is 18.5 Å². The monoisotopic (exact) mass is 499 g/mol. The van der Waals surface area contributed by atoms with Gasteiger partial charge < -0.3 is 14.5 Å². The highest BCUT2D eigenvalue weighted by Crippen LogP contribution is 2.37. The first-order valence-electron chi connectivity index (χ1n) is 10.1. The lowest BCUT2D eigenvalue weighted by Gasteiger charge is -2.08. The Hall–Kier alpha value is -3.06. The second-order valence-corrected chi connectivity index (χ2v) is 8.80. The van der Waals surface area contributed by atoms with Crippen LogP contribution in [-0.2, 0) is 4.74 Å². The van der Waals surface area contributed by atoms with Crippen molar-refractivity contribution in [1.29, 1.82) is 0 Å². The van der Waals surface area contributed by atoms with E-state index in [1.165, 1.54) is 11.3 Å². The Morgan fingerprint density at radius 2 is 1.79 bits per heavy atom. The van der Waals surface area contributed by atoms with Gasteiger partial charge in [-0.25, -0.2) is 4.79 Å². The lowest BCUT2D eigenvalue weighted by Crippen LogP contribution is -2.15. The molecule has 2 aromatic heterocycles. The number of aryl methyl sites for hydroxylation is 1. The number of thiophene rings is 1. The molecule has 2 heterocycles. The van der Waals surface area contributed by atoms with Gasteiger partial charge in [-0.1, -0.05) is 53.5 Å². The zero-order chi connectivity index (χ0) is 23.5. The van der Waals surface area contributed by atoms with Crippen molar-refractivity contribution in [3.63, 3.8) is 0 Å². The number of hydrogen-bond acceptors (Lipinski definition) is 5. The summed E-state index contributed by atoms with van der Waals surface area (Å²) in [4.78, 5) is 25.9. The van der Waals surface area contributed by atoms with Crippen LogP contribution >= 0.6 is 34.5 Å². The van der Waals surface area contributed by atoms with Crippen LogP contribution in [0.2, 0.25) is 10.0 Å². The molecule has 4 rings (SSSR count). The van der Waals surface area contributed by atoms with Gasteiger partial charge in [-0.2, -0.15) is 0 Å². The van der Waals surface area contributed by atoms with Gasteiger partial charge in [-0.05, 0) is 43.7 Å². The molecule has 168 valence electrons. The number of ether oxygens (including phenoxy) is 1. The summed E-state index contributed by atoms with van der Waals surface area (Å²) in [5, 5.41) is 5.92. The second-order valence-electron chi connectivity index (χ2n) is 7.10. The summed E-state index contributed by atoms with van der Waals surface area (Å²) in [5.41, 5.74) is 2.93. The van der Waals surface area contributed by atoms with E-state index in [0.29, 0.717) is 48.8 Å². The van der Waals surface area contributed by atoms with E-state index in [0.717, 1.165) is 5.56 Å². The van der Waals surface area contributed by atoms with E-state index >= 15 is 0 Å². The van der Waals surface area contributed by atoms with E-state index in [1.807, 2.05) is 35.7 Å². The van der Waals surface area contributed by atoms with Gasteiger partial charge in [0.25, 0.3) is 5.91 Å². The van der Waals surface area contributed by atoms with Gasteiger partial charge in [0.15, 0.2) is 0 Å². The molecule has 1 N–H and O–H groups in total. The minimum absolute atomic E-state index is 0.226. The third kappa shape index (κ3) is 4.83. The average molecular weight is 500 g/mol. The third-order valence-electron chi connectivity index (χ3n) is 4.95. The van der Waals surface area contributed by atoms with Crippen molar-refractivity contribution < 1.29 is 18.7 Å². The van der Waals surface area contributed by atoms with Crippen LogP contribution in [0.3, 0.4) is 0 Å². The van der Waals surface area contributed by atoms with Crippen LogP contribution in [0, 0.1) is 6.92 Å². The van der Waals surface area contributed by atoms with Crippen LogP contribution in [0.1, 0.15) is 33.4 Å². The molecule has 0 bridgehead atoms. The highest BCUT2D eigenvalue weighted by molar-refractivity contribution is 7.15. The molecule has 0 aliphatic carbocycles. The van der Waals surface area contributed by atoms with E-state index in [2.05, 4.69) is 5.32 Å². The topological polar surface area (TPSA) is 68.5 Å². The molecule has 0 atom stereocenters. The zero-order valence-corrected chi connectivity index (χ0v) is 20.1. The number of carbonyl (C=O) groups is 2. The molecule has 0 fully saturated rings. The van der Waals surface area contributed by atoms with Crippen LogP contribution in [0.4, 0.5) is 5.00 Å². The maximum absolute atomic E-state index is 13.1. The predicted octanol–water partition coefficient (Wildman–Crippen LogP) is 7.72. The summed E-state index contributed by atoms with van der Waals surface area (Å²) in [6, 6.07) is 16.2. The summed E-state index contributed by atoms with van der Waals surface area (Å²) in [7, 11) is 0.